The highest BCUT2D eigenvalue weighted by Gasteiger charge is 2.42. The van der Waals surface area contributed by atoms with E-state index in [1.54, 1.807) is 0 Å². The van der Waals surface area contributed by atoms with E-state index in [1.165, 1.54) is 24.3 Å². The standard InChI is InChI=1S/C16H31NO2S/c1-5-17-14(11-19-15(2,3)4)13-6-8-18-16(10-13)7-9-20-12-16/h13-14,17H,5-12H2,1-4H3. The van der Waals surface area contributed by atoms with Crippen LogP contribution < -0.4 is 5.32 Å². The van der Waals surface area contributed by atoms with Crippen LogP contribution in [0, 0.1) is 5.92 Å². The van der Waals surface area contributed by atoms with Crippen molar-refractivity contribution in [3.8, 4) is 0 Å². The first kappa shape index (κ1) is 16.6. The number of rotatable bonds is 5. The van der Waals surface area contributed by atoms with Gasteiger partial charge in [0.15, 0.2) is 0 Å². The molecule has 2 heterocycles. The minimum atomic E-state index is -0.0558. The molecule has 0 amide bonds. The predicted molar refractivity (Wildman–Crippen MR) is 86.5 cm³/mol. The van der Waals surface area contributed by atoms with Crippen LogP contribution in [-0.2, 0) is 9.47 Å². The molecule has 0 saturated carbocycles. The molecule has 20 heavy (non-hydrogen) atoms. The van der Waals surface area contributed by atoms with E-state index in [4.69, 9.17) is 9.47 Å². The van der Waals surface area contributed by atoms with Crippen molar-refractivity contribution in [1.29, 1.82) is 0 Å². The normalized spacial score (nSPS) is 32.7. The number of nitrogens with one attached hydrogen (secondary N) is 1. The maximum absolute atomic E-state index is 6.14. The number of thioether (sulfide) groups is 1. The number of hydrogen-bond acceptors (Lipinski definition) is 4. The van der Waals surface area contributed by atoms with E-state index in [-0.39, 0.29) is 11.2 Å². The SMILES string of the molecule is CCNC(COC(C)(C)C)C1CCOC2(CCSC2)C1. The van der Waals surface area contributed by atoms with Gasteiger partial charge in [-0.1, -0.05) is 6.92 Å². The second-order valence-electron chi connectivity index (χ2n) is 7.17. The third kappa shape index (κ3) is 4.62. The lowest BCUT2D eigenvalue weighted by Gasteiger charge is -2.41. The molecule has 0 aliphatic carbocycles. The molecule has 3 atom stereocenters. The first-order valence-corrected chi connectivity index (χ1v) is 9.19. The predicted octanol–water partition coefficient (Wildman–Crippen LogP) is 3.08. The van der Waals surface area contributed by atoms with Gasteiger partial charge in [0.2, 0.25) is 0 Å². The van der Waals surface area contributed by atoms with Gasteiger partial charge >= 0.3 is 0 Å². The minimum Gasteiger partial charge on any atom is -0.374 e. The van der Waals surface area contributed by atoms with E-state index >= 15 is 0 Å². The summed E-state index contributed by atoms with van der Waals surface area (Å²) < 4.78 is 12.2. The van der Waals surface area contributed by atoms with Crippen LogP contribution in [0.5, 0.6) is 0 Å². The molecule has 2 saturated heterocycles. The molecule has 2 aliphatic heterocycles. The van der Waals surface area contributed by atoms with Crippen LogP contribution in [0.4, 0.5) is 0 Å². The van der Waals surface area contributed by atoms with Crippen LogP contribution in [0.2, 0.25) is 0 Å². The Morgan fingerprint density at radius 1 is 1.45 bits per heavy atom. The molecule has 0 bridgehead atoms. The summed E-state index contributed by atoms with van der Waals surface area (Å²) in [6, 6.07) is 0.464. The van der Waals surface area contributed by atoms with E-state index in [0.29, 0.717) is 12.0 Å². The fourth-order valence-electron chi connectivity index (χ4n) is 3.24. The van der Waals surface area contributed by atoms with Gasteiger partial charge in [-0.3, -0.25) is 0 Å². The number of likely N-dealkylation sites (N-methyl/N-ethyl adjacent to an activating group) is 1. The molecule has 118 valence electrons. The third-order valence-electron chi connectivity index (χ3n) is 4.33. The summed E-state index contributed by atoms with van der Waals surface area (Å²) in [7, 11) is 0. The van der Waals surface area contributed by atoms with E-state index in [9.17, 15) is 0 Å². The lowest BCUT2D eigenvalue weighted by Crippen LogP contribution is -2.49. The molecule has 2 aliphatic rings. The Balaban J connectivity index is 1.93. The summed E-state index contributed by atoms with van der Waals surface area (Å²) in [6.45, 7) is 11.3. The van der Waals surface area contributed by atoms with E-state index < -0.39 is 0 Å². The van der Waals surface area contributed by atoms with Crippen LogP contribution in [0.25, 0.3) is 0 Å². The Kier molecular flexibility index (Phi) is 5.80. The maximum Gasteiger partial charge on any atom is 0.0783 e. The highest BCUT2D eigenvalue weighted by atomic mass is 32.2. The largest absolute Gasteiger partial charge is 0.374 e. The summed E-state index contributed by atoms with van der Waals surface area (Å²) in [5.74, 6) is 3.13. The van der Waals surface area contributed by atoms with Gasteiger partial charge in [-0.15, -0.1) is 0 Å². The minimum absolute atomic E-state index is 0.0558. The molecular weight excluding hydrogens is 270 g/mol. The van der Waals surface area contributed by atoms with Crippen LogP contribution in [0.15, 0.2) is 0 Å². The zero-order chi connectivity index (χ0) is 14.6. The molecule has 3 unspecified atom stereocenters. The van der Waals surface area contributed by atoms with Gasteiger partial charge in [0.1, 0.15) is 0 Å². The molecule has 0 aromatic carbocycles. The van der Waals surface area contributed by atoms with Crippen molar-refractivity contribution in [2.75, 3.05) is 31.3 Å². The summed E-state index contributed by atoms with van der Waals surface area (Å²) >= 11 is 2.05. The summed E-state index contributed by atoms with van der Waals surface area (Å²) in [5.41, 5.74) is 0.114. The van der Waals surface area contributed by atoms with Crippen LogP contribution in [-0.4, -0.2) is 48.5 Å². The number of hydrogen-bond donors (Lipinski definition) is 1. The highest BCUT2D eigenvalue weighted by molar-refractivity contribution is 7.99. The van der Waals surface area contributed by atoms with Gasteiger partial charge in [-0.05, 0) is 58.2 Å². The molecule has 2 rings (SSSR count). The number of ether oxygens (including phenoxy) is 2. The molecule has 1 N–H and O–H groups in total. The van der Waals surface area contributed by atoms with Crippen molar-refractivity contribution in [2.24, 2.45) is 5.92 Å². The topological polar surface area (TPSA) is 30.5 Å². The van der Waals surface area contributed by atoms with Gasteiger partial charge < -0.3 is 14.8 Å². The Morgan fingerprint density at radius 3 is 2.85 bits per heavy atom. The Bertz CT molecular complexity index is 297. The zero-order valence-electron chi connectivity index (χ0n) is 13.5. The first-order valence-electron chi connectivity index (χ1n) is 8.03. The van der Waals surface area contributed by atoms with Gasteiger partial charge in [0.25, 0.3) is 0 Å². The quantitative estimate of drug-likeness (QED) is 0.845. The van der Waals surface area contributed by atoms with Gasteiger partial charge in [0.05, 0.1) is 17.8 Å². The fraction of sp³-hybridized carbons (Fsp3) is 1.00. The summed E-state index contributed by atoms with van der Waals surface area (Å²) in [5, 5.41) is 3.64. The average Bonchev–Trinajstić information content (AvgIpc) is 2.81. The summed E-state index contributed by atoms with van der Waals surface area (Å²) in [4.78, 5) is 0. The van der Waals surface area contributed by atoms with Crippen molar-refractivity contribution in [3.63, 3.8) is 0 Å². The van der Waals surface area contributed by atoms with Crippen LogP contribution in [0.1, 0.15) is 47.0 Å². The van der Waals surface area contributed by atoms with E-state index in [0.717, 1.165) is 26.2 Å². The second-order valence-corrected chi connectivity index (χ2v) is 8.28. The van der Waals surface area contributed by atoms with Gasteiger partial charge in [0, 0.05) is 18.4 Å². The molecule has 0 radical (unpaired) electrons. The van der Waals surface area contributed by atoms with Crippen molar-refractivity contribution in [1.82, 2.24) is 5.32 Å². The molecular formula is C16H31NO2S. The lowest BCUT2D eigenvalue weighted by molar-refractivity contribution is -0.0959. The Labute approximate surface area is 128 Å². The van der Waals surface area contributed by atoms with Crippen molar-refractivity contribution in [3.05, 3.63) is 0 Å². The zero-order valence-corrected chi connectivity index (χ0v) is 14.4. The third-order valence-corrected chi connectivity index (χ3v) is 5.55. The summed E-state index contributed by atoms with van der Waals surface area (Å²) in [6.07, 6.45) is 3.59. The van der Waals surface area contributed by atoms with Crippen molar-refractivity contribution >= 4 is 11.8 Å². The molecule has 2 fully saturated rings. The molecule has 1 spiro atoms. The van der Waals surface area contributed by atoms with Crippen molar-refractivity contribution < 1.29 is 9.47 Å². The Morgan fingerprint density at radius 2 is 2.25 bits per heavy atom. The molecule has 4 heteroatoms. The lowest BCUT2D eigenvalue weighted by atomic mass is 9.81. The average molecular weight is 301 g/mol. The Hall–Kier alpha value is 0.230. The second kappa shape index (κ2) is 6.99. The van der Waals surface area contributed by atoms with Gasteiger partial charge in [-0.2, -0.15) is 11.8 Å². The van der Waals surface area contributed by atoms with Crippen LogP contribution >= 0.6 is 11.8 Å². The monoisotopic (exact) mass is 301 g/mol. The highest BCUT2D eigenvalue weighted by Crippen LogP contribution is 2.41. The van der Waals surface area contributed by atoms with E-state index in [1.807, 2.05) is 11.8 Å². The molecule has 3 nitrogen and oxygen atoms in total. The van der Waals surface area contributed by atoms with Gasteiger partial charge in [-0.25, -0.2) is 0 Å². The maximum atomic E-state index is 6.14. The first-order chi connectivity index (χ1) is 9.44. The fourth-order valence-corrected chi connectivity index (χ4v) is 4.61. The van der Waals surface area contributed by atoms with Crippen LogP contribution in [0.3, 0.4) is 0 Å². The molecule has 0 aromatic rings. The molecule has 0 aromatic heterocycles. The van der Waals surface area contributed by atoms with E-state index in [2.05, 4.69) is 33.0 Å². The van der Waals surface area contributed by atoms with Crippen molar-refractivity contribution in [2.45, 2.75) is 64.2 Å². The smallest absolute Gasteiger partial charge is 0.0783 e.